The van der Waals surface area contributed by atoms with Crippen molar-refractivity contribution in [3.05, 3.63) is 65.7 Å². The maximum Gasteiger partial charge on any atom is 0.418 e. The van der Waals surface area contributed by atoms with Crippen molar-refractivity contribution in [3.8, 4) is 5.75 Å². The summed E-state index contributed by atoms with van der Waals surface area (Å²) in [6.45, 7) is 6.71. The summed E-state index contributed by atoms with van der Waals surface area (Å²) in [4.78, 5) is 4.02. The van der Waals surface area contributed by atoms with Crippen LogP contribution in [0.3, 0.4) is 0 Å². The molecule has 1 aliphatic heterocycles. The Labute approximate surface area is 204 Å². The summed E-state index contributed by atoms with van der Waals surface area (Å²) in [5.41, 5.74) is -2.87. The SMILES string of the molecule is C.CC.CC(C)(CC(O)(CNc1cccc2cnccc12)C(F)(F)F)c1cc(F)cc2c1OCC2. The van der Waals surface area contributed by atoms with Crippen molar-refractivity contribution in [1.29, 1.82) is 0 Å². The number of aliphatic hydroxyl groups is 1. The van der Waals surface area contributed by atoms with Crippen molar-refractivity contribution in [2.75, 3.05) is 18.5 Å². The molecule has 0 saturated heterocycles. The Morgan fingerprint density at radius 3 is 2.51 bits per heavy atom. The number of aromatic nitrogens is 1. The lowest BCUT2D eigenvalue weighted by atomic mass is 9.74. The van der Waals surface area contributed by atoms with Gasteiger partial charge in [0.2, 0.25) is 0 Å². The molecule has 0 bridgehead atoms. The van der Waals surface area contributed by atoms with Gasteiger partial charge in [-0.2, -0.15) is 13.2 Å². The highest BCUT2D eigenvalue weighted by molar-refractivity contribution is 5.93. The average molecular weight is 495 g/mol. The second-order valence-corrected chi connectivity index (χ2v) is 8.89. The minimum atomic E-state index is -4.92. The van der Waals surface area contributed by atoms with Crippen molar-refractivity contribution in [3.63, 3.8) is 0 Å². The summed E-state index contributed by atoms with van der Waals surface area (Å²) >= 11 is 0. The number of anilines is 1. The van der Waals surface area contributed by atoms with Gasteiger partial charge in [-0.05, 0) is 36.1 Å². The molecule has 1 atom stereocenters. The Morgan fingerprint density at radius 1 is 1.11 bits per heavy atom. The summed E-state index contributed by atoms with van der Waals surface area (Å²) in [6, 6.07) is 9.40. The molecule has 0 spiro atoms. The van der Waals surface area contributed by atoms with E-state index in [1.54, 1.807) is 50.5 Å². The smallest absolute Gasteiger partial charge is 0.418 e. The third-order valence-corrected chi connectivity index (χ3v) is 5.99. The molecule has 0 saturated carbocycles. The van der Waals surface area contributed by atoms with Crippen molar-refractivity contribution < 1.29 is 27.4 Å². The first-order valence-corrected chi connectivity index (χ1v) is 11.3. The Balaban J connectivity index is 0.00000140. The molecule has 1 aliphatic rings. The van der Waals surface area contributed by atoms with Gasteiger partial charge in [0, 0.05) is 46.4 Å². The summed E-state index contributed by atoms with van der Waals surface area (Å²) in [6.07, 6.45) is -1.93. The van der Waals surface area contributed by atoms with E-state index in [-0.39, 0.29) is 7.43 Å². The highest BCUT2D eigenvalue weighted by Gasteiger charge is 2.56. The van der Waals surface area contributed by atoms with Crippen LogP contribution < -0.4 is 10.1 Å². The van der Waals surface area contributed by atoms with Crippen molar-refractivity contribution in [1.82, 2.24) is 4.98 Å². The molecule has 192 valence electrons. The van der Waals surface area contributed by atoms with E-state index in [9.17, 15) is 22.7 Å². The van der Waals surface area contributed by atoms with E-state index >= 15 is 0 Å². The molecule has 8 heteroatoms. The van der Waals surface area contributed by atoms with Gasteiger partial charge in [-0.15, -0.1) is 0 Å². The van der Waals surface area contributed by atoms with Gasteiger partial charge in [-0.1, -0.05) is 47.3 Å². The number of pyridine rings is 1. The zero-order valence-corrected chi connectivity index (χ0v) is 19.8. The number of nitrogens with zero attached hydrogens (tertiary/aromatic N) is 1. The number of rotatable bonds is 6. The molecule has 1 aromatic heterocycles. The Morgan fingerprint density at radius 2 is 1.83 bits per heavy atom. The molecule has 0 radical (unpaired) electrons. The van der Waals surface area contributed by atoms with E-state index in [2.05, 4.69) is 10.3 Å². The first-order valence-electron chi connectivity index (χ1n) is 11.3. The molecule has 2 aromatic carbocycles. The van der Waals surface area contributed by atoms with E-state index in [1.165, 1.54) is 12.1 Å². The Hall–Kier alpha value is -2.87. The fourth-order valence-electron chi connectivity index (χ4n) is 4.38. The zero-order chi connectivity index (χ0) is 25.1. The summed E-state index contributed by atoms with van der Waals surface area (Å²) in [5.74, 6) is -0.120. The first-order chi connectivity index (χ1) is 16.0. The van der Waals surface area contributed by atoms with Gasteiger partial charge in [0.25, 0.3) is 0 Å². The molecule has 1 unspecified atom stereocenters. The molecule has 0 amide bonds. The van der Waals surface area contributed by atoms with Crippen LogP contribution in [0.1, 0.15) is 52.7 Å². The van der Waals surface area contributed by atoms with Gasteiger partial charge in [0.15, 0.2) is 5.60 Å². The molecule has 3 aromatic rings. The minimum absolute atomic E-state index is 0. The van der Waals surface area contributed by atoms with Crippen LogP contribution in [0.5, 0.6) is 5.75 Å². The van der Waals surface area contributed by atoms with Crippen molar-refractivity contribution in [2.45, 2.75) is 65.2 Å². The number of nitrogens with one attached hydrogen (secondary N) is 1. The molecular formula is C27H34F4N2O2. The average Bonchev–Trinajstić information content (AvgIpc) is 3.25. The van der Waals surface area contributed by atoms with Crippen LogP contribution in [0, 0.1) is 5.82 Å². The van der Waals surface area contributed by atoms with Gasteiger partial charge in [0.05, 0.1) is 13.2 Å². The van der Waals surface area contributed by atoms with Gasteiger partial charge >= 0.3 is 6.18 Å². The predicted molar refractivity (Wildman–Crippen MR) is 133 cm³/mol. The van der Waals surface area contributed by atoms with Crippen LogP contribution in [0.15, 0.2) is 48.8 Å². The van der Waals surface area contributed by atoms with Crippen LogP contribution in [-0.2, 0) is 11.8 Å². The molecule has 4 rings (SSSR count). The minimum Gasteiger partial charge on any atom is -0.493 e. The number of alkyl halides is 3. The maximum atomic E-state index is 14.2. The van der Waals surface area contributed by atoms with Crippen LogP contribution in [0.2, 0.25) is 0 Å². The first kappa shape index (κ1) is 28.4. The largest absolute Gasteiger partial charge is 0.493 e. The molecule has 2 heterocycles. The van der Waals surface area contributed by atoms with Gasteiger partial charge in [-0.25, -0.2) is 4.39 Å². The summed E-state index contributed by atoms with van der Waals surface area (Å²) < 4.78 is 62.1. The van der Waals surface area contributed by atoms with Crippen LogP contribution >= 0.6 is 0 Å². The lowest BCUT2D eigenvalue weighted by Gasteiger charge is -2.38. The van der Waals surface area contributed by atoms with Crippen molar-refractivity contribution in [2.24, 2.45) is 0 Å². The molecule has 0 fully saturated rings. The van der Waals surface area contributed by atoms with E-state index < -0.39 is 36.0 Å². The third kappa shape index (κ3) is 5.86. The highest BCUT2D eigenvalue weighted by atomic mass is 19.4. The monoisotopic (exact) mass is 494 g/mol. The molecule has 0 aliphatic carbocycles. The Kier molecular flexibility index (Phi) is 8.76. The molecule has 35 heavy (non-hydrogen) atoms. The van der Waals surface area contributed by atoms with Gasteiger partial charge in [-0.3, -0.25) is 4.98 Å². The number of fused-ring (bicyclic) bond motifs is 2. The standard InChI is InChI=1S/C24H24F4N2O2.C2H6.CH4/c1-22(2,19-11-17(25)10-15-7-9-32-21(15)19)13-23(31,24(26,27)28)14-30-20-5-3-4-16-12-29-8-6-18(16)20;1-2;/h3-6,8,10-12,30-31H,7,9,13-14H2,1-2H3;1-2H3;1H4. The topological polar surface area (TPSA) is 54.4 Å². The quantitative estimate of drug-likeness (QED) is 0.361. The number of benzene rings is 2. The van der Waals surface area contributed by atoms with Crippen LogP contribution in [0.4, 0.5) is 23.2 Å². The highest BCUT2D eigenvalue weighted by Crippen LogP contribution is 2.46. The second kappa shape index (κ2) is 10.8. The number of hydrogen-bond acceptors (Lipinski definition) is 4. The lowest BCUT2D eigenvalue weighted by molar-refractivity contribution is -0.260. The third-order valence-electron chi connectivity index (χ3n) is 5.99. The lowest BCUT2D eigenvalue weighted by Crippen LogP contribution is -2.53. The molecular weight excluding hydrogens is 460 g/mol. The van der Waals surface area contributed by atoms with Crippen LogP contribution in [-0.4, -0.2) is 35.0 Å². The normalized spacial score (nSPS) is 14.7. The maximum absolute atomic E-state index is 14.2. The van der Waals surface area contributed by atoms with Gasteiger partial charge < -0.3 is 15.2 Å². The molecule has 4 nitrogen and oxygen atoms in total. The summed E-state index contributed by atoms with van der Waals surface area (Å²) in [5, 5.41) is 15.1. The number of hydrogen-bond donors (Lipinski definition) is 2. The van der Waals surface area contributed by atoms with Crippen molar-refractivity contribution >= 4 is 16.5 Å². The zero-order valence-electron chi connectivity index (χ0n) is 19.8. The van der Waals surface area contributed by atoms with E-state index in [1.807, 2.05) is 13.8 Å². The fraction of sp³-hybridized carbons (Fsp3) is 0.444. The Bertz CT molecular complexity index is 1140. The van der Waals surface area contributed by atoms with E-state index in [4.69, 9.17) is 4.74 Å². The van der Waals surface area contributed by atoms with Crippen LogP contribution in [0.25, 0.3) is 10.8 Å². The number of halogens is 4. The molecule has 2 N–H and O–H groups in total. The second-order valence-electron chi connectivity index (χ2n) is 8.89. The number of ether oxygens (including phenoxy) is 1. The van der Waals surface area contributed by atoms with E-state index in [0.29, 0.717) is 41.0 Å². The fourth-order valence-corrected chi connectivity index (χ4v) is 4.38. The predicted octanol–water partition coefficient (Wildman–Crippen LogP) is 7.04. The summed E-state index contributed by atoms with van der Waals surface area (Å²) in [7, 11) is 0. The van der Waals surface area contributed by atoms with E-state index in [0.717, 1.165) is 5.39 Å². The van der Waals surface area contributed by atoms with Gasteiger partial charge in [0.1, 0.15) is 11.6 Å².